The average molecular weight is 439 g/mol. The number of rotatable bonds is 7. The summed E-state index contributed by atoms with van der Waals surface area (Å²) in [4.78, 5) is 28.6. The molecule has 1 atom stereocenters. The molecule has 0 spiro atoms. The van der Waals surface area contributed by atoms with E-state index in [1.807, 2.05) is 0 Å². The van der Waals surface area contributed by atoms with Crippen molar-refractivity contribution in [2.45, 2.75) is 39.8 Å². The number of amides is 1. The van der Waals surface area contributed by atoms with Gasteiger partial charge in [-0.25, -0.2) is 4.79 Å². The van der Waals surface area contributed by atoms with E-state index in [4.69, 9.17) is 32.7 Å². The van der Waals surface area contributed by atoms with Crippen LogP contribution in [0.5, 0.6) is 5.75 Å². The second-order valence-electron chi connectivity index (χ2n) is 7.48. The number of hydrogen-bond donors (Lipinski definition) is 1. The smallest absolute Gasteiger partial charge is 0.328 e. The van der Waals surface area contributed by atoms with Crippen molar-refractivity contribution in [3.8, 4) is 5.75 Å². The molecule has 1 unspecified atom stereocenters. The number of ether oxygens (including phenoxy) is 2. The molecule has 156 valence electrons. The second kappa shape index (κ2) is 9.94. The number of aromatic nitrogens is 1. The van der Waals surface area contributed by atoms with E-state index in [-0.39, 0.29) is 18.9 Å². The van der Waals surface area contributed by atoms with E-state index in [0.29, 0.717) is 27.1 Å². The van der Waals surface area contributed by atoms with Crippen LogP contribution in [0.1, 0.15) is 32.0 Å². The molecular formula is C21H24Cl2N2O4. The van der Waals surface area contributed by atoms with Crippen molar-refractivity contribution >= 4 is 35.1 Å². The number of nitrogens with zero attached hydrogens (tertiary/aromatic N) is 1. The van der Waals surface area contributed by atoms with E-state index in [1.54, 1.807) is 57.3 Å². The summed E-state index contributed by atoms with van der Waals surface area (Å²) >= 11 is 12.3. The Morgan fingerprint density at radius 2 is 1.79 bits per heavy atom. The molecule has 29 heavy (non-hydrogen) atoms. The van der Waals surface area contributed by atoms with Crippen molar-refractivity contribution in [1.29, 1.82) is 0 Å². The zero-order chi connectivity index (χ0) is 21.6. The van der Waals surface area contributed by atoms with Crippen LogP contribution in [0.3, 0.4) is 0 Å². The Bertz CT molecular complexity index is 844. The van der Waals surface area contributed by atoms with Gasteiger partial charge in [-0.3, -0.25) is 9.78 Å². The molecule has 8 heteroatoms. The zero-order valence-electron chi connectivity index (χ0n) is 16.8. The van der Waals surface area contributed by atoms with E-state index < -0.39 is 17.4 Å². The van der Waals surface area contributed by atoms with Crippen molar-refractivity contribution in [3.05, 3.63) is 57.8 Å². The predicted octanol–water partition coefficient (Wildman–Crippen LogP) is 4.21. The Balaban J connectivity index is 2.03. The Morgan fingerprint density at radius 3 is 2.31 bits per heavy atom. The minimum Gasteiger partial charge on any atom is -0.487 e. The number of esters is 1. The summed E-state index contributed by atoms with van der Waals surface area (Å²) in [5.74, 6) is -0.249. The van der Waals surface area contributed by atoms with Crippen LogP contribution in [0.2, 0.25) is 10.0 Å². The first-order valence-electron chi connectivity index (χ1n) is 9.01. The monoisotopic (exact) mass is 438 g/mol. The largest absolute Gasteiger partial charge is 0.487 e. The maximum absolute atomic E-state index is 12.2. The minimum atomic E-state index is -0.826. The summed E-state index contributed by atoms with van der Waals surface area (Å²) in [5, 5.41) is 3.77. The molecule has 0 aliphatic carbocycles. The van der Waals surface area contributed by atoms with Crippen molar-refractivity contribution in [3.63, 3.8) is 0 Å². The van der Waals surface area contributed by atoms with Crippen LogP contribution in [-0.4, -0.2) is 30.0 Å². The number of methoxy groups -OCH3 is 1. The van der Waals surface area contributed by atoms with E-state index in [2.05, 4.69) is 10.3 Å². The van der Waals surface area contributed by atoms with Gasteiger partial charge in [-0.15, -0.1) is 0 Å². The number of carbonyl (C=O) groups is 2. The molecule has 2 rings (SSSR count). The Hall–Kier alpha value is -2.31. The molecule has 0 saturated heterocycles. The van der Waals surface area contributed by atoms with Crippen molar-refractivity contribution < 1.29 is 19.1 Å². The fourth-order valence-electron chi connectivity index (χ4n) is 2.36. The highest BCUT2D eigenvalue weighted by Crippen LogP contribution is 2.25. The third-order valence-electron chi connectivity index (χ3n) is 4.13. The molecule has 0 aliphatic rings. The summed E-state index contributed by atoms with van der Waals surface area (Å²) in [5.41, 5.74) is 0.672. The van der Waals surface area contributed by atoms with Crippen molar-refractivity contribution in [2.24, 2.45) is 5.41 Å². The summed E-state index contributed by atoms with van der Waals surface area (Å²) in [6, 6.07) is 7.88. The highest BCUT2D eigenvalue weighted by Gasteiger charge is 2.28. The first-order chi connectivity index (χ1) is 13.6. The molecule has 1 heterocycles. The third kappa shape index (κ3) is 6.61. The summed E-state index contributed by atoms with van der Waals surface area (Å²) in [6.07, 6.45) is 1.74. The number of hydrogen-bond acceptors (Lipinski definition) is 5. The van der Waals surface area contributed by atoms with Crippen LogP contribution in [0.4, 0.5) is 0 Å². The normalized spacial score (nSPS) is 12.2. The summed E-state index contributed by atoms with van der Waals surface area (Å²) in [6.45, 7) is 5.51. The SMILES string of the molecule is COC(=O)C(Cc1ccc(OCc2c(Cl)cccc2Cl)cn1)NC(=O)C(C)(C)C. The molecule has 2 aromatic rings. The lowest BCUT2D eigenvalue weighted by atomic mass is 9.95. The predicted molar refractivity (Wildman–Crippen MR) is 112 cm³/mol. The number of nitrogens with one attached hydrogen (secondary N) is 1. The van der Waals surface area contributed by atoms with Gasteiger partial charge in [0.2, 0.25) is 5.91 Å². The van der Waals surface area contributed by atoms with E-state index >= 15 is 0 Å². The lowest BCUT2D eigenvalue weighted by Gasteiger charge is -2.22. The van der Waals surface area contributed by atoms with Crippen molar-refractivity contribution in [1.82, 2.24) is 10.3 Å². The maximum atomic E-state index is 12.2. The second-order valence-corrected chi connectivity index (χ2v) is 8.29. The lowest BCUT2D eigenvalue weighted by Crippen LogP contribution is -2.47. The maximum Gasteiger partial charge on any atom is 0.328 e. The van der Waals surface area contributed by atoms with E-state index in [1.165, 1.54) is 7.11 Å². The van der Waals surface area contributed by atoms with Crippen LogP contribution < -0.4 is 10.1 Å². The van der Waals surface area contributed by atoms with Crippen LogP contribution in [-0.2, 0) is 27.4 Å². The lowest BCUT2D eigenvalue weighted by molar-refractivity contribution is -0.146. The highest BCUT2D eigenvalue weighted by atomic mass is 35.5. The van der Waals surface area contributed by atoms with Crippen LogP contribution in [0.15, 0.2) is 36.5 Å². The molecular weight excluding hydrogens is 415 g/mol. The standard InChI is InChI=1S/C21H24Cl2N2O4/c1-21(2,3)20(27)25-18(19(26)28-4)10-13-8-9-14(11-24-13)29-12-15-16(22)6-5-7-17(15)23/h5-9,11,18H,10,12H2,1-4H3,(H,25,27). The number of pyridine rings is 1. The van der Waals surface area contributed by atoms with Gasteiger partial charge in [-0.05, 0) is 24.3 Å². The van der Waals surface area contributed by atoms with Crippen molar-refractivity contribution in [2.75, 3.05) is 7.11 Å². The van der Waals surface area contributed by atoms with Gasteiger partial charge in [-0.2, -0.15) is 0 Å². The van der Waals surface area contributed by atoms with Gasteiger partial charge in [0.15, 0.2) is 0 Å². The Labute approximate surface area is 180 Å². The minimum absolute atomic E-state index is 0.200. The van der Waals surface area contributed by atoms with Crippen LogP contribution >= 0.6 is 23.2 Å². The number of benzene rings is 1. The van der Waals surface area contributed by atoms with Gasteiger partial charge in [0.25, 0.3) is 0 Å². The van der Waals surface area contributed by atoms with Gasteiger partial charge < -0.3 is 14.8 Å². The van der Waals surface area contributed by atoms with Gasteiger partial charge >= 0.3 is 5.97 Å². The summed E-state index contributed by atoms with van der Waals surface area (Å²) in [7, 11) is 1.28. The van der Waals surface area contributed by atoms with E-state index in [9.17, 15) is 9.59 Å². The third-order valence-corrected chi connectivity index (χ3v) is 4.84. The quantitative estimate of drug-likeness (QED) is 0.654. The summed E-state index contributed by atoms with van der Waals surface area (Å²) < 4.78 is 10.5. The van der Waals surface area contributed by atoms with Gasteiger partial charge in [-0.1, -0.05) is 50.0 Å². The average Bonchev–Trinajstić information content (AvgIpc) is 2.66. The Kier molecular flexibility index (Phi) is 7.88. The fraction of sp³-hybridized carbons (Fsp3) is 0.381. The highest BCUT2D eigenvalue weighted by molar-refractivity contribution is 6.35. The zero-order valence-corrected chi connectivity index (χ0v) is 18.3. The molecule has 0 aliphatic heterocycles. The van der Waals surface area contributed by atoms with Gasteiger partial charge in [0.05, 0.1) is 13.3 Å². The molecule has 0 bridgehead atoms. The molecule has 1 aromatic carbocycles. The Morgan fingerprint density at radius 1 is 1.14 bits per heavy atom. The molecule has 0 radical (unpaired) electrons. The molecule has 1 amide bonds. The molecule has 1 N–H and O–H groups in total. The number of carbonyl (C=O) groups excluding carboxylic acids is 2. The van der Waals surface area contributed by atoms with Gasteiger partial charge in [0.1, 0.15) is 18.4 Å². The first kappa shape index (κ1) is 23.0. The number of halogens is 2. The van der Waals surface area contributed by atoms with Crippen LogP contribution in [0.25, 0.3) is 0 Å². The first-order valence-corrected chi connectivity index (χ1v) is 9.77. The topological polar surface area (TPSA) is 77.5 Å². The molecule has 6 nitrogen and oxygen atoms in total. The molecule has 1 aromatic heterocycles. The van der Waals surface area contributed by atoms with Crippen LogP contribution in [0, 0.1) is 5.41 Å². The fourth-order valence-corrected chi connectivity index (χ4v) is 2.87. The van der Waals surface area contributed by atoms with E-state index in [0.717, 1.165) is 0 Å². The molecule has 0 saturated carbocycles. The van der Waals surface area contributed by atoms with Gasteiger partial charge in [0, 0.05) is 33.1 Å². The molecule has 0 fully saturated rings.